The maximum Gasteiger partial charge on any atom is 0.256 e. The maximum absolute atomic E-state index is 12.8. The van der Waals surface area contributed by atoms with Gasteiger partial charge in [0.1, 0.15) is 5.82 Å². The molecule has 2 aromatic heterocycles. The molecule has 0 spiro atoms. The van der Waals surface area contributed by atoms with Crippen LogP contribution < -0.4 is 15.1 Å². The highest BCUT2D eigenvalue weighted by Gasteiger charge is 2.27. The fraction of sp³-hybridized carbons (Fsp3) is 0.417. The predicted molar refractivity (Wildman–Crippen MR) is 127 cm³/mol. The van der Waals surface area contributed by atoms with E-state index in [9.17, 15) is 4.79 Å². The number of benzene rings is 1. The van der Waals surface area contributed by atoms with Gasteiger partial charge < -0.3 is 19.9 Å². The molecule has 2 N–H and O–H groups in total. The number of rotatable bonds is 4. The number of hydrogen-bond acceptors (Lipinski definition) is 7. The van der Waals surface area contributed by atoms with Crippen LogP contribution in [-0.2, 0) is 23.2 Å². The third kappa shape index (κ3) is 4.41. The van der Waals surface area contributed by atoms with Crippen LogP contribution in [0, 0.1) is 0 Å². The van der Waals surface area contributed by atoms with E-state index in [1.54, 1.807) is 6.20 Å². The Balaban J connectivity index is 1.28. The molecule has 9 nitrogen and oxygen atoms in total. The second-order valence-electron chi connectivity index (χ2n) is 9.48. The molecule has 2 aliphatic rings. The van der Waals surface area contributed by atoms with Crippen molar-refractivity contribution in [2.24, 2.45) is 0 Å². The third-order valence-electron chi connectivity index (χ3n) is 6.14. The fourth-order valence-corrected chi connectivity index (χ4v) is 4.14. The molecule has 33 heavy (non-hydrogen) atoms. The summed E-state index contributed by atoms with van der Waals surface area (Å²) >= 11 is 0. The maximum atomic E-state index is 12.8. The van der Waals surface area contributed by atoms with Crippen LogP contribution in [0.5, 0.6) is 0 Å². The lowest BCUT2D eigenvalue weighted by molar-refractivity contribution is 0.102. The Morgan fingerprint density at radius 2 is 1.82 bits per heavy atom. The van der Waals surface area contributed by atoms with Crippen LogP contribution in [0.2, 0.25) is 0 Å². The Kier molecular flexibility index (Phi) is 5.49. The lowest BCUT2D eigenvalue weighted by Gasteiger charge is -2.27. The van der Waals surface area contributed by atoms with Crippen molar-refractivity contribution >= 4 is 23.5 Å². The minimum absolute atomic E-state index is 0.0458. The first-order valence-corrected chi connectivity index (χ1v) is 11.3. The van der Waals surface area contributed by atoms with Crippen LogP contribution in [0.15, 0.2) is 36.5 Å². The molecule has 0 radical (unpaired) electrons. The summed E-state index contributed by atoms with van der Waals surface area (Å²) in [4.78, 5) is 26.3. The molecule has 0 saturated carbocycles. The second kappa shape index (κ2) is 8.47. The van der Waals surface area contributed by atoms with E-state index in [0.717, 1.165) is 36.1 Å². The summed E-state index contributed by atoms with van der Waals surface area (Å²) in [6.45, 7) is 10.7. The highest BCUT2D eigenvalue weighted by Crippen LogP contribution is 2.31. The van der Waals surface area contributed by atoms with Crippen molar-refractivity contribution in [1.82, 2.24) is 20.2 Å². The zero-order valence-electron chi connectivity index (χ0n) is 19.3. The number of amides is 1. The molecule has 1 fully saturated rings. The van der Waals surface area contributed by atoms with E-state index >= 15 is 0 Å². The standard InChI is InChI=1S/C24H29N7O2/c1-24(2,3)17-6-4-16(5-7-17)22(32)27-21-18-14-31(15-19(18)28-29-21)20-8-9-25-23(26-20)30-10-12-33-13-11-30/h4-9H,10-15H2,1-3H3,(H2,27,28,29,32). The molecular weight excluding hydrogens is 418 g/mol. The molecule has 1 aromatic carbocycles. The van der Waals surface area contributed by atoms with E-state index in [0.29, 0.717) is 37.7 Å². The van der Waals surface area contributed by atoms with Gasteiger partial charge in [0.25, 0.3) is 5.91 Å². The van der Waals surface area contributed by atoms with Crippen LogP contribution in [0.3, 0.4) is 0 Å². The second-order valence-corrected chi connectivity index (χ2v) is 9.48. The minimum atomic E-state index is -0.167. The molecule has 172 valence electrons. The quantitative estimate of drug-likeness (QED) is 0.634. The van der Waals surface area contributed by atoms with Crippen LogP contribution in [0.25, 0.3) is 0 Å². The van der Waals surface area contributed by atoms with Crippen LogP contribution in [0.1, 0.15) is 48.0 Å². The van der Waals surface area contributed by atoms with Crippen LogP contribution >= 0.6 is 0 Å². The SMILES string of the molecule is CC(C)(C)c1ccc(C(=O)Nc2n[nH]c3c2CN(c2ccnc(N4CCOCC4)n2)C3)cc1. The number of carbonyl (C=O) groups excluding carboxylic acids is 1. The summed E-state index contributed by atoms with van der Waals surface area (Å²) < 4.78 is 5.43. The van der Waals surface area contributed by atoms with E-state index in [1.165, 1.54) is 5.56 Å². The van der Waals surface area contributed by atoms with Gasteiger partial charge in [-0.05, 0) is 29.2 Å². The molecule has 3 aromatic rings. The summed E-state index contributed by atoms with van der Waals surface area (Å²) in [7, 11) is 0. The molecule has 9 heteroatoms. The van der Waals surface area contributed by atoms with Crippen LogP contribution in [0.4, 0.5) is 17.6 Å². The smallest absolute Gasteiger partial charge is 0.256 e. The van der Waals surface area contributed by atoms with Gasteiger partial charge in [-0.2, -0.15) is 10.1 Å². The summed E-state index contributed by atoms with van der Waals surface area (Å²) in [6, 6.07) is 9.66. The van der Waals surface area contributed by atoms with E-state index in [4.69, 9.17) is 9.72 Å². The Morgan fingerprint density at radius 1 is 1.06 bits per heavy atom. The van der Waals surface area contributed by atoms with Gasteiger partial charge in [0.15, 0.2) is 5.82 Å². The Hall–Kier alpha value is -3.46. The number of aromatic nitrogens is 4. The van der Waals surface area contributed by atoms with Gasteiger partial charge in [-0.1, -0.05) is 32.9 Å². The van der Waals surface area contributed by atoms with Gasteiger partial charge in [-0.15, -0.1) is 0 Å². The number of aromatic amines is 1. The zero-order chi connectivity index (χ0) is 23.0. The van der Waals surface area contributed by atoms with Gasteiger partial charge in [-0.25, -0.2) is 4.98 Å². The third-order valence-corrected chi connectivity index (χ3v) is 6.14. The Bertz CT molecular complexity index is 1140. The lowest BCUT2D eigenvalue weighted by atomic mass is 9.87. The number of morpholine rings is 1. The van der Waals surface area contributed by atoms with E-state index in [1.807, 2.05) is 30.3 Å². The number of hydrogen-bond donors (Lipinski definition) is 2. The predicted octanol–water partition coefficient (Wildman–Crippen LogP) is 3.11. The van der Waals surface area contributed by atoms with Crippen molar-refractivity contribution in [2.75, 3.05) is 41.4 Å². The minimum Gasteiger partial charge on any atom is -0.378 e. The summed E-state index contributed by atoms with van der Waals surface area (Å²) in [5.74, 6) is 1.97. The highest BCUT2D eigenvalue weighted by atomic mass is 16.5. The van der Waals surface area contributed by atoms with Crippen molar-refractivity contribution in [3.8, 4) is 0 Å². The summed E-state index contributed by atoms with van der Waals surface area (Å²) in [6.07, 6.45) is 1.79. The van der Waals surface area contributed by atoms with Crippen molar-refractivity contribution in [3.63, 3.8) is 0 Å². The largest absolute Gasteiger partial charge is 0.378 e. The summed E-state index contributed by atoms with van der Waals surface area (Å²) in [5, 5.41) is 10.4. The molecule has 4 heterocycles. The number of nitrogens with zero attached hydrogens (tertiary/aromatic N) is 5. The first-order valence-electron chi connectivity index (χ1n) is 11.3. The molecule has 2 aliphatic heterocycles. The number of anilines is 3. The zero-order valence-corrected chi connectivity index (χ0v) is 19.3. The molecular formula is C24H29N7O2. The number of carbonyl (C=O) groups is 1. The highest BCUT2D eigenvalue weighted by molar-refractivity contribution is 6.04. The molecule has 1 saturated heterocycles. The normalized spacial score (nSPS) is 16.1. The van der Waals surface area contributed by atoms with Crippen molar-refractivity contribution in [1.29, 1.82) is 0 Å². The van der Waals surface area contributed by atoms with Gasteiger partial charge >= 0.3 is 0 Å². The molecule has 0 unspecified atom stereocenters. The van der Waals surface area contributed by atoms with Crippen molar-refractivity contribution < 1.29 is 9.53 Å². The Labute approximate surface area is 193 Å². The first kappa shape index (κ1) is 21.4. The number of H-pyrrole nitrogens is 1. The lowest BCUT2D eigenvalue weighted by Crippen LogP contribution is -2.37. The van der Waals surface area contributed by atoms with E-state index in [2.05, 4.69) is 51.1 Å². The van der Waals surface area contributed by atoms with Crippen molar-refractivity contribution in [2.45, 2.75) is 39.3 Å². The number of fused-ring (bicyclic) bond motifs is 1. The average molecular weight is 448 g/mol. The topological polar surface area (TPSA) is 99.3 Å². The molecule has 0 atom stereocenters. The van der Waals surface area contributed by atoms with Gasteiger partial charge in [0, 0.05) is 30.4 Å². The molecule has 0 bridgehead atoms. The summed E-state index contributed by atoms with van der Waals surface area (Å²) in [5.41, 5.74) is 3.82. The number of nitrogens with one attached hydrogen (secondary N) is 2. The molecule has 5 rings (SSSR count). The fourth-order valence-electron chi connectivity index (χ4n) is 4.14. The van der Waals surface area contributed by atoms with Gasteiger partial charge in [0.2, 0.25) is 5.95 Å². The molecule has 0 aliphatic carbocycles. The first-order chi connectivity index (χ1) is 15.9. The number of ether oxygens (including phenoxy) is 1. The van der Waals surface area contributed by atoms with E-state index < -0.39 is 0 Å². The van der Waals surface area contributed by atoms with E-state index in [-0.39, 0.29) is 11.3 Å². The van der Waals surface area contributed by atoms with Crippen molar-refractivity contribution in [3.05, 3.63) is 58.9 Å². The molecule has 1 amide bonds. The van der Waals surface area contributed by atoms with Gasteiger partial charge in [-0.3, -0.25) is 9.89 Å². The Morgan fingerprint density at radius 3 is 2.55 bits per heavy atom. The monoisotopic (exact) mass is 447 g/mol. The average Bonchev–Trinajstić information content (AvgIpc) is 3.41. The van der Waals surface area contributed by atoms with Gasteiger partial charge in [0.05, 0.1) is 32.0 Å². The van der Waals surface area contributed by atoms with Crippen LogP contribution in [-0.4, -0.2) is 52.4 Å².